The van der Waals surface area contributed by atoms with Gasteiger partial charge in [-0.25, -0.2) is 4.99 Å². The summed E-state index contributed by atoms with van der Waals surface area (Å²) in [5, 5.41) is 0. The third-order valence-electron chi connectivity index (χ3n) is 3.07. The molecule has 1 aromatic carbocycles. The van der Waals surface area contributed by atoms with Crippen molar-refractivity contribution in [2.75, 3.05) is 13.7 Å². The summed E-state index contributed by atoms with van der Waals surface area (Å²) in [7, 11) is 1.61. The van der Waals surface area contributed by atoms with Crippen LogP contribution in [0.3, 0.4) is 0 Å². The molecule has 0 bridgehead atoms. The highest BCUT2D eigenvalue weighted by molar-refractivity contribution is 5.96. The van der Waals surface area contributed by atoms with Crippen LogP contribution in [0.2, 0.25) is 0 Å². The van der Waals surface area contributed by atoms with Crippen molar-refractivity contribution in [3.05, 3.63) is 29.8 Å². The van der Waals surface area contributed by atoms with E-state index in [1.165, 1.54) is 0 Å². The van der Waals surface area contributed by atoms with Crippen LogP contribution in [-0.4, -0.2) is 37.7 Å². The van der Waals surface area contributed by atoms with Crippen molar-refractivity contribution < 1.29 is 19.0 Å². The molecular weight excluding hydrogens is 234 g/mol. The van der Waals surface area contributed by atoms with Crippen LogP contribution in [0.15, 0.2) is 29.3 Å². The van der Waals surface area contributed by atoms with Gasteiger partial charge in [0.05, 0.1) is 13.5 Å². The molecule has 0 radical (unpaired) electrons. The molecule has 5 nitrogen and oxygen atoms in total. The normalized spacial score (nSPS) is 25.8. The number of fused-ring (bicyclic) bond motifs is 1. The van der Waals surface area contributed by atoms with E-state index in [4.69, 9.17) is 14.2 Å². The maximum absolute atomic E-state index is 11.2. The molecule has 2 atom stereocenters. The monoisotopic (exact) mass is 247 g/mol. The van der Waals surface area contributed by atoms with E-state index in [1.807, 2.05) is 24.3 Å². The molecule has 0 aliphatic carbocycles. The van der Waals surface area contributed by atoms with Crippen LogP contribution in [-0.2, 0) is 14.3 Å². The second kappa shape index (κ2) is 4.33. The number of hydrogen-bond acceptors (Lipinski definition) is 5. The average Bonchev–Trinajstić information content (AvgIpc) is 2.81. The molecule has 0 N–H and O–H groups in total. The van der Waals surface area contributed by atoms with E-state index >= 15 is 0 Å². The SMILES string of the molecule is COc1cccc(C2=N[C@@H]3COC(=O)C[C@@H]3O2)c1. The fourth-order valence-electron chi connectivity index (χ4n) is 2.11. The van der Waals surface area contributed by atoms with Gasteiger partial charge in [-0.05, 0) is 18.2 Å². The third-order valence-corrected chi connectivity index (χ3v) is 3.07. The molecule has 0 amide bonds. The maximum Gasteiger partial charge on any atom is 0.309 e. The van der Waals surface area contributed by atoms with Crippen molar-refractivity contribution in [2.24, 2.45) is 4.99 Å². The standard InChI is InChI=1S/C13H13NO4/c1-16-9-4-2-3-8(5-9)13-14-10-7-17-12(15)6-11(10)18-13/h2-5,10-11H,6-7H2,1H3/t10-,11+/m1/s1. The molecule has 3 rings (SSSR count). The number of benzene rings is 1. The highest BCUT2D eigenvalue weighted by Crippen LogP contribution is 2.25. The Bertz CT molecular complexity index is 511. The first-order valence-electron chi connectivity index (χ1n) is 5.81. The van der Waals surface area contributed by atoms with Gasteiger partial charge in [-0.2, -0.15) is 0 Å². The Hall–Kier alpha value is -2.04. The van der Waals surface area contributed by atoms with Crippen molar-refractivity contribution in [3.8, 4) is 5.75 Å². The minimum absolute atomic E-state index is 0.0797. The molecule has 0 spiro atoms. The molecule has 0 aromatic heterocycles. The summed E-state index contributed by atoms with van der Waals surface area (Å²) in [4.78, 5) is 15.6. The molecular formula is C13H13NO4. The van der Waals surface area contributed by atoms with Gasteiger partial charge in [0.2, 0.25) is 5.90 Å². The number of nitrogens with zero attached hydrogens (tertiary/aromatic N) is 1. The van der Waals surface area contributed by atoms with Crippen LogP contribution in [0.25, 0.3) is 0 Å². The second-order valence-electron chi connectivity index (χ2n) is 4.28. The van der Waals surface area contributed by atoms with Gasteiger partial charge in [-0.1, -0.05) is 6.07 Å². The van der Waals surface area contributed by atoms with Crippen LogP contribution in [0.4, 0.5) is 0 Å². The lowest BCUT2D eigenvalue weighted by Gasteiger charge is -2.21. The summed E-state index contributed by atoms with van der Waals surface area (Å²) in [6, 6.07) is 7.42. The van der Waals surface area contributed by atoms with Gasteiger partial charge in [-0.15, -0.1) is 0 Å². The smallest absolute Gasteiger partial charge is 0.309 e. The Kier molecular flexibility index (Phi) is 2.66. The lowest BCUT2D eigenvalue weighted by Crippen LogP contribution is -2.36. The highest BCUT2D eigenvalue weighted by atomic mass is 16.6. The van der Waals surface area contributed by atoms with Crippen molar-refractivity contribution in [2.45, 2.75) is 18.6 Å². The first-order chi connectivity index (χ1) is 8.76. The molecule has 1 aromatic rings. The van der Waals surface area contributed by atoms with Crippen molar-refractivity contribution in [3.63, 3.8) is 0 Å². The summed E-state index contributed by atoms with van der Waals surface area (Å²) in [6.07, 6.45) is 0.0780. The number of methoxy groups -OCH3 is 1. The molecule has 94 valence electrons. The summed E-state index contributed by atoms with van der Waals surface area (Å²) < 4.78 is 15.8. The molecule has 0 saturated carbocycles. The number of hydrogen-bond donors (Lipinski definition) is 0. The minimum Gasteiger partial charge on any atom is -0.497 e. The lowest BCUT2D eigenvalue weighted by molar-refractivity contribution is -0.151. The van der Waals surface area contributed by atoms with E-state index < -0.39 is 0 Å². The number of carbonyl (C=O) groups is 1. The topological polar surface area (TPSA) is 57.1 Å². The Morgan fingerprint density at radius 3 is 3.17 bits per heavy atom. The molecule has 5 heteroatoms. The number of esters is 1. The summed E-state index contributed by atoms with van der Waals surface area (Å²) in [5.41, 5.74) is 0.858. The zero-order chi connectivity index (χ0) is 12.5. The molecule has 18 heavy (non-hydrogen) atoms. The number of rotatable bonds is 2. The quantitative estimate of drug-likeness (QED) is 0.736. The molecule has 1 saturated heterocycles. The molecule has 1 fully saturated rings. The van der Waals surface area contributed by atoms with Crippen LogP contribution in [0.5, 0.6) is 5.75 Å². The molecule has 2 heterocycles. The largest absolute Gasteiger partial charge is 0.497 e. The number of ether oxygens (including phenoxy) is 3. The first kappa shape index (κ1) is 11.1. The van der Waals surface area contributed by atoms with E-state index in [0.717, 1.165) is 11.3 Å². The third kappa shape index (κ3) is 1.92. The van der Waals surface area contributed by atoms with E-state index in [1.54, 1.807) is 7.11 Å². The molecule has 0 unspecified atom stereocenters. The van der Waals surface area contributed by atoms with Gasteiger partial charge in [0.1, 0.15) is 24.5 Å². The fraction of sp³-hybridized carbons (Fsp3) is 0.385. The maximum atomic E-state index is 11.2. The Balaban J connectivity index is 1.83. The Morgan fingerprint density at radius 2 is 2.33 bits per heavy atom. The summed E-state index contributed by atoms with van der Waals surface area (Å²) >= 11 is 0. The van der Waals surface area contributed by atoms with E-state index in [2.05, 4.69) is 4.99 Å². The lowest BCUT2D eigenvalue weighted by atomic mass is 10.1. The summed E-state index contributed by atoms with van der Waals surface area (Å²) in [6.45, 7) is 0.303. The number of carbonyl (C=O) groups excluding carboxylic acids is 1. The number of cyclic esters (lactones) is 1. The average molecular weight is 247 g/mol. The summed E-state index contributed by atoms with van der Waals surface area (Å²) in [5.74, 6) is 1.08. The van der Waals surface area contributed by atoms with Crippen molar-refractivity contribution in [1.29, 1.82) is 0 Å². The van der Waals surface area contributed by atoms with Crippen LogP contribution >= 0.6 is 0 Å². The first-order valence-corrected chi connectivity index (χ1v) is 5.81. The van der Waals surface area contributed by atoms with Crippen LogP contribution < -0.4 is 4.74 Å². The highest BCUT2D eigenvalue weighted by Gasteiger charge is 2.38. The van der Waals surface area contributed by atoms with Gasteiger partial charge in [-0.3, -0.25) is 4.79 Å². The van der Waals surface area contributed by atoms with E-state index in [-0.39, 0.29) is 24.5 Å². The molecule has 2 aliphatic rings. The van der Waals surface area contributed by atoms with Gasteiger partial charge in [0, 0.05) is 5.56 Å². The predicted octanol–water partition coefficient (Wildman–Crippen LogP) is 1.16. The Morgan fingerprint density at radius 1 is 1.44 bits per heavy atom. The zero-order valence-corrected chi connectivity index (χ0v) is 9.96. The molecule has 2 aliphatic heterocycles. The van der Waals surface area contributed by atoms with Gasteiger partial charge in [0.15, 0.2) is 0 Å². The number of aliphatic imine (C=N–C) groups is 1. The minimum atomic E-state index is -0.224. The Labute approximate surface area is 104 Å². The fourth-order valence-corrected chi connectivity index (χ4v) is 2.11. The van der Waals surface area contributed by atoms with E-state index in [0.29, 0.717) is 12.5 Å². The predicted molar refractivity (Wildman–Crippen MR) is 63.8 cm³/mol. The van der Waals surface area contributed by atoms with Crippen LogP contribution in [0.1, 0.15) is 12.0 Å². The van der Waals surface area contributed by atoms with E-state index in [9.17, 15) is 4.79 Å². The van der Waals surface area contributed by atoms with Gasteiger partial charge in [0.25, 0.3) is 0 Å². The van der Waals surface area contributed by atoms with Gasteiger partial charge >= 0.3 is 5.97 Å². The van der Waals surface area contributed by atoms with Gasteiger partial charge < -0.3 is 14.2 Å². The van der Waals surface area contributed by atoms with Crippen LogP contribution in [0, 0.1) is 0 Å². The van der Waals surface area contributed by atoms with Crippen molar-refractivity contribution >= 4 is 11.9 Å². The zero-order valence-electron chi connectivity index (χ0n) is 9.96. The second-order valence-corrected chi connectivity index (χ2v) is 4.28. The van der Waals surface area contributed by atoms with Crippen molar-refractivity contribution in [1.82, 2.24) is 0 Å².